The lowest BCUT2D eigenvalue weighted by Crippen LogP contribution is -2.40. The Labute approximate surface area is 97.6 Å². The average molecular weight is 220 g/mol. The van der Waals surface area contributed by atoms with E-state index in [1.54, 1.807) is 6.92 Å². The second-order valence-electron chi connectivity index (χ2n) is 4.76. The molecule has 0 atom stereocenters. The van der Waals surface area contributed by atoms with Gasteiger partial charge in [0.25, 0.3) is 5.91 Å². The van der Waals surface area contributed by atoms with E-state index in [0.717, 1.165) is 19.6 Å². The van der Waals surface area contributed by atoms with Gasteiger partial charge >= 0.3 is 0 Å². The zero-order valence-corrected chi connectivity index (χ0v) is 9.96. The van der Waals surface area contributed by atoms with Crippen LogP contribution in [0.1, 0.15) is 32.6 Å². The zero-order valence-electron chi connectivity index (χ0n) is 9.96. The first-order valence-corrected chi connectivity index (χ1v) is 6.25. The van der Waals surface area contributed by atoms with E-state index in [4.69, 9.17) is 0 Å². The molecule has 0 unspecified atom stereocenters. The van der Waals surface area contributed by atoms with E-state index < -0.39 is 0 Å². The van der Waals surface area contributed by atoms with Crippen molar-refractivity contribution in [2.24, 2.45) is 5.92 Å². The van der Waals surface area contributed by atoms with Crippen LogP contribution < -0.4 is 5.32 Å². The smallest absolute Gasteiger partial charge is 0.298 e. The highest BCUT2D eigenvalue weighted by Crippen LogP contribution is 2.28. The quantitative estimate of drug-likeness (QED) is 0.720. The van der Waals surface area contributed by atoms with Gasteiger partial charge in [0.2, 0.25) is 0 Å². The van der Waals surface area contributed by atoms with Gasteiger partial charge in [0.05, 0.1) is 0 Å². The Bertz CT molecular complexity index is 306. The van der Waals surface area contributed by atoms with E-state index in [0.29, 0.717) is 12.0 Å². The summed E-state index contributed by atoms with van der Waals surface area (Å²) in [5.74, 6) is 6.09. The standard InChI is InChI=1S/C13H20N2O/c1-2-3-13(16)15(12-4-5-12)10-11-6-8-14-9-7-11/h11-12,14H,4-10H2,1H3. The van der Waals surface area contributed by atoms with Crippen molar-refractivity contribution >= 4 is 5.91 Å². The minimum atomic E-state index is 0.0310. The van der Waals surface area contributed by atoms with Crippen LogP contribution in [-0.4, -0.2) is 36.5 Å². The monoisotopic (exact) mass is 220 g/mol. The number of hydrogen-bond acceptors (Lipinski definition) is 2. The highest BCUT2D eigenvalue weighted by atomic mass is 16.2. The Balaban J connectivity index is 1.90. The molecule has 1 saturated heterocycles. The van der Waals surface area contributed by atoms with Gasteiger partial charge in [-0.3, -0.25) is 4.79 Å². The summed E-state index contributed by atoms with van der Waals surface area (Å²) in [6.07, 6.45) is 4.72. The number of amides is 1. The Morgan fingerprint density at radius 2 is 2.00 bits per heavy atom. The summed E-state index contributed by atoms with van der Waals surface area (Å²) >= 11 is 0. The van der Waals surface area contributed by atoms with E-state index in [1.165, 1.54) is 25.7 Å². The molecule has 1 aliphatic carbocycles. The summed E-state index contributed by atoms with van der Waals surface area (Å²) in [4.78, 5) is 13.8. The van der Waals surface area contributed by atoms with E-state index in [2.05, 4.69) is 17.2 Å². The van der Waals surface area contributed by atoms with E-state index in [9.17, 15) is 4.79 Å². The molecule has 0 aromatic heterocycles. The number of piperidine rings is 1. The topological polar surface area (TPSA) is 32.3 Å². The van der Waals surface area contributed by atoms with Gasteiger partial charge in [-0.2, -0.15) is 0 Å². The van der Waals surface area contributed by atoms with Crippen LogP contribution in [0.15, 0.2) is 0 Å². The van der Waals surface area contributed by atoms with Crippen LogP contribution >= 0.6 is 0 Å². The van der Waals surface area contributed by atoms with Crippen molar-refractivity contribution in [3.8, 4) is 11.8 Å². The molecule has 0 aromatic rings. The van der Waals surface area contributed by atoms with Crippen LogP contribution in [0.4, 0.5) is 0 Å². The molecule has 2 aliphatic rings. The Kier molecular flexibility index (Phi) is 3.84. The molecule has 1 saturated carbocycles. The molecule has 0 spiro atoms. The summed E-state index contributed by atoms with van der Waals surface area (Å²) in [6, 6.07) is 0.489. The second kappa shape index (κ2) is 5.36. The van der Waals surface area contributed by atoms with Gasteiger partial charge in [0, 0.05) is 12.6 Å². The van der Waals surface area contributed by atoms with E-state index >= 15 is 0 Å². The third-order valence-corrected chi connectivity index (χ3v) is 3.39. The fourth-order valence-corrected chi connectivity index (χ4v) is 2.31. The van der Waals surface area contributed by atoms with Gasteiger partial charge in [-0.1, -0.05) is 5.92 Å². The van der Waals surface area contributed by atoms with Crippen LogP contribution in [0.2, 0.25) is 0 Å². The summed E-state index contributed by atoms with van der Waals surface area (Å²) in [5, 5.41) is 3.36. The van der Waals surface area contributed by atoms with Crippen molar-refractivity contribution < 1.29 is 4.79 Å². The molecule has 1 heterocycles. The maximum atomic E-state index is 11.8. The molecule has 2 fully saturated rings. The number of rotatable bonds is 3. The predicted octanol–water partition coefficient (Wildman–Crippen LogP) is 1.00. The summed E-state index contributed by atoms with van der Waals surface area (Å²) in [7, 11) is 0. The minimum Gasteiger partial charge on any atom is -0.329 e. The fraction of sp³-hybridized carbons (Fsp3) is 0.769. The average Bonchev–Trinajstić information content (AvgIpc) is 3.11. The van der Waals surface area contributed by atoms with Gasteiger partial charge in [-0.15, -0.1) is 0 Å². The van der Waals surface area contributed by atoms with Crippen molar-refractivity contribution in [1.29, 1.82) is 0 Å². The van der Waals surface area contributed by atoms with Gasteiger partial charge in [-0.05, 0) is 57.5 Å². The number of nitrogens with zero attached hydrogens (tertiary/aromatic N) is 1. The highest BCUT2D eigenvalue weighted by Gasteiger charge is 2.33. The third-order valence-electron chi connectivity index (χ3n) is 3.39. The maximum absolute atomic E-state index is 11.8. The molecule has 1 N–H and O–H groups in total. The lowest BCUT2D eigenvalue weighted by molar-refractivity contribution is -0.126. The van der Waals surface area contributed by atoms with Crippen LogP contribution in [0.25, 0.3) is 0 Å². The summed E-state index contributed by atoms with van der Waals surface area (Å²) in [5.41, 5.74) is 0. The largest absolute Gasteiger partial charge is 0.329 e. The Morgan fingerprint density at radius 3 is 2.56 bits per heavy atom. The number of hydrogen-bond donors (Lipinski definition) is 1. The Morgan fingerprint density at radius 1 is 1.31 bits per heavy atom. The molecule has 16 heavy (non-hydrogen) atoms. The van der Waals surface area contributed by atoms with E-state index in [-0.39, 0.29) is 5.91 Å². The number of carbonyl (C=O) groups excluding carboxylic acids is 1. The third kappa shape index (κ3) is 2.99. The first-order valence-electron chi connectivity index (χ1n) is 6.25. The zero-order chi connectivity index (χ0) is 11.4. The van der Waals surface area contributed by atoms with Crippen molar-refractivity contribution in [3.63, 3.8) is 0 Å². The van der Waals surface area contributed by atoms with Gasteiger partial charge < -0.3 is 10.2 Å². The molecular weight excluding hydrogens is 200 g/mol. The molecule has 2 rings (SSSR count). The predicted molar refractivity (Wildman–Crippen MR) is 63.8 cm³/mol. The first kappa shape index (κ1) is 11.5. The molecule has 1 aliphatic heterocycles. The highest BCUT2D eigenvalue weighted by molar-refractivity contribution is 5.93. The van der Waals surface area contributed by atoms with Gasteiger partial charge in [0.15, 0.2) is 0 Å². The first-order chi connectivity index (χ1) is 7.81. The molecule has 3 nitrogen and oxygen atoms in total. The van der Waals surface area contributed by atoms with E-state index in [1.807, 2.05) is 4.90 Å². The normalized spacial score (nSPS) is 21.1. The Hall–Kier alpha value is -1.01. The number of carbonyl (C=O) groups is 1. The van der Waals surface area contributed by atoms with Crippen LogP contribution in [-0.2, 0) is 4.79 Å². The molecule has 3 heteroatoms. The fourth-order valence-electron chi connectivity index (χ4n) is 2.31. The molecule has 1 amide bonds. The second-order valence-corrected chi connectivity index (χ2v) is 4.76. The van der Waals surface area contributed by atoms with Crippen molar-refractivity contribution in [2.45, 2.75) is 38.6 Å². The summed E-state index contributed by atoms with van der Waals surface area (Å²) in [6.45, 7) is 4.83. The van der Waals surface area contributed by atoms with Gasteiger partial charge in [0.1, 0.15) is 0 Å². The number of nitrogens with one attached hydrogen (secondary N) is 1. The van der Waals surface area contributed by atoms with Gasteiger partial charge in [-0.25, -0.2) is 0 Å². The van der Waals surface area contributed by atoms with Crippen molar-refractivity contribution in [1.82, 2.24) is 10.2 Å². The molecule has 88 valence electrons. The maximum Gasteiger partial charge on any atom is 0.298 e. The lowest BCUT2D eigenvalue weighted by Gasteiger charge is -2.29. The summed E-state index contributed by atoms with van der Waals surface area (Å²) < 4.78 is 0. The molecule has 0 radical (unpaired) electrons. The SMILES string of the molecule is CC#CC(=O)N(CC1CCNCC1)C1CC1. The van der Waals surface area contributed by atoms with Crippen LogP contribution in [0.3, 0.4) is 0 Å². The minimum absolute atomic E-state index is 0.0310. The van der Waals surface area contributed by atoms with Crippen LogP contribution in [0.5, 0.6) is 0 Å². The van der Waals surface area contributed by atoms with Crippen LogP contribution in [0, 0.1) is 17.8 Å². The van der Waals surface area contributed by atoms with Crippen molar-refractivity contribution in [2.75, 3.05) is 19.6 Å². The molecule has 0 bridgehead atoms. The molecular formula is C13H20N2O. The van der Waals surface area contributed by atoms with Crippen molar-refractivity contribution in [3.05, 3.63) is 0 Å². The lowest BCUT2D eigenvalue weighted by atomic mass is 9.97. The molecule has 0 aromatic carbocycles.